The van der Waals surface area contributed by atoms with Gasteiger partial charge in [0.05, 0.1) is 23.0 Å². The zero-order valence-corrected chi connectivity index (χ0v) is 12.8. The van der Waals surface area contributed by atoms with Crippen LogP contribution in [0.15, 0.2) is 54.9 Å². The topological polar surface area (TPSA) is 95.8 Å². The molecule has 0 spiro atoms. The van der Waals surface area contributed by atoms with Crippen molar-refractivity contribution in [1.82, 2.24) is 20.0 Å². The van der Waals surface area contributed by atoms with Crippen molar-refractivity contribution in [1.29, 1.82) is 0 Å². The number of rotatable bonds is 3. The lowest BCUT2D eigenvalue weighted by Gasteiger charge is -2.01. The lowest BCUT2D eigenvalue weighted by atomic mass is 10.2. The monoisotopic (exact) mass is 337 g/mol. The number of hydrogen-bond donors (Lipinski definition) is 3. The van der Waals surface area contributed by atoms with Gasteiger partial charge in [0.25, 0.3) is 5.91 Å². The molecule has 7 nitrogen and oxygen atoms in total. The van der Waals surface area contributed by atoms with Crippen LogP contribution in [0, 0.1) is 5.82 Å². The lowest BCUT2D eigenvalue weighted by molar-refractivity contribution is 0.102. The molecule has 0 atom stereocenters. The predicted octanol–water partition coefficient (Wildman–Crippen LogP) is 2.85. The van der Waals surface area contributed by atoms with Gasteiger partial charge in [0, 0.05) is 17.6 Å². The van der Waals surface area contributed by atoms with Gasteiger partial charge < -0.3 is 10.4 Å². The highest BCUT2D eigenvalue weighted by Gasteiger charge is 2.14. The number of aromatic amines is 1. The van der Waals surface area contributed by atoms with E-state index in [1.807, 2.05) is 0 Å². The van der Waals surface area contributed by atoms with Gasteiger partial charge in [-0.2, -0.15) is 10.2 Å². The second-order valence-electron chi connectivity index (χ2n) is 5.41. The molecule has 0 radical (unpaired) electrons. The third-order valence-corrected chi connectivity index (χ3v) is 3.70. The number of carbonyl (C=O) groups excluding carboxylic acids is 1. The summed E-state index contributed by atoms with van der Waals surface area (Å²) >= 11 is 0. The Morgan fingerprint density at radius 3 is 2.96 bits per heavy atom. The van der Waals surface area contributed by atoms with Crippen LogP contribution < -0.4 is 5.32 Å². The molecule has 0 saturated heterocycles. The average molecular weight is 337 g/mol. The lowest BCUT2D eigenvalue weighted by Crippen LogP contribution is -2.11. The van der Waals surface area contributed by atoms with Crippen LogP contribution in [0.4, 0.5) is 10.2 Å². The van der Waals surface area contributed by atoms with Gasteiger partial charge in [-0.1, -0.05) is 6.07 Å². The molecule has 3 N–H and O–H groups in total. The normalized spacial score (nSPS) is 10.9. The number of nitrogens with one attached hydrogen (secondary N) is 2. The van der Waals surface area contributed by atoms with E-state index in [0.29, 0.717) is 28.0 Å². The quantitative estimate of drug-likeness (QED) is 0.536. The van der Waals surface area contributed by atoms with Crippen LogP contribution in [-0.4, -0.2) is 31.0 Å². The van der Waals surface area contributed by atoms with Crippen LogP contribution in [0.5, 0.6) is 5.75 Å². The summed E-state index contributed by atoms with van der Waals surface area (Å²) in [5, 5.41) is 23.7. The molecule has 4 aromatic rings. The van der Waals surface area contributed by atoms with Gasteiger partial charge in [-0.25, -0.2) is 9.07 Å². The highest BCUT2D eigenvalue weighted by Crippen LogP contribution is 2.24. The number of hydrogen-bond acceptors (Lipinski definition) is 4. The molecule has 0 unspecified atom stereocenters. The summed E-state index contributed by atoms with van der Waals surface area (Å²) in [6.45, 7) is 0. The Morgan fingerprint density at radius 1 is 1.24 bits per heavy atom. The maximum absolute atomic E-state index is 13.3. The zero-order valence-electron chi connectivity index (χ0n) is 12.8. The van der Waals surface area contributed by atoms with Gasteiger partial charge in [0.2, 0.25) is 0 Å². The number of phenols is 1. The molecule has 0 aliphatic rings. The number of halogens is 1. The van der Waals surface area contributed by atoms with Gasteiger partial charge in [0.15, 0.2) is 5.82 Å². The van der Waals surface area contributed by atoms with Crippen molar-refractivity contribution in [2.75, 3.05) is 5.32 Å². The number of aromatic nitrogens is 4. The molecule has 0 saturated carbocycles. The minimum absolute atomic E-state index is 0.102. The predicted molar refractivity (Wildman–Crippen MR) is 89.2 cm³/mol. The van der Waals surface area contributed by atoms with E-state index < -0.39 is 5.91 Å². The maximum atomic E-state index is 13.3. The fourth-order valence-electron chi connectivity index (χ4n) is 2.48. The molecule has 0 bridgehead atoms. The van der Waals surface area contributed by atoms with E-state index >= 15 is 0 Å². The van der Waals surface area contributed by atoms with Gasteiger partial charge in [0.1, 0.15) is 11.6 Å². The molecule has 0 fully saturated rings. The van der Waals surface area contributed by atoms with Crippen LogP contribution >= 0.6 is 0 Å². The number of fused-ring (bicyclic) bond motifs is 1. The van der Waals surface area contributed by atoms with E-state index in [9.17, 15) is 14.3 Å². The van der Waals surface area contributed by atoms with E-state index in [2.05, 4.69) is 20.6 Å². The third kappa shape index (κ3) is 2.80. The fraction of sp³-hybridized carbons (Fsp3) is 0. The summed E-state index contributed by atoms with van der Waals surface area (Å²) in [6, 6.07) is 10.6. The molecule has 2 aromatic carbocycles. The molecule has 2 heterocycles. The Morgan fingerprint density at radius 2 is 2.12 bits per heavy atom. The SMILES string of the molecule is O=C(Nc1n[nH]c2cc(O)ccc12)c1cnn(-c2cccc(F)c2)c1. The Bertz CT molecular complexity index is 1090. The summed E-state index contributed by atoms with van der Waals surface area (Å²) in [5.41, 5.74) is 1.42. The van der Waals surface area contributed by atoms with Crippen molar-refractivity contribution in [2.24, 2.45) is 0 Å². The van der Waals surface area contributed by atoms with E-state index in [0.717, 1.165) is 0 Å². The first-order chi connectivity index (χ1) is 12.1. The fourth-order valence-corrected chi connectivity index (χ4v) is 2.48. The highest BCUT2D eigenvalue weighted by atomic mass is 19.1. The van der Waals surface area contributed by atoms with Crippen LogP contribution in [0.25, 0.3) is 16.6 Å². The van der Waals surface area contributed by atoms with E-state index in [-0.39, 0.29) is 11.6 Å². The number of phenolic OH excluding ortho intramolecular Hbond substituents is 1. The van der Waals surface area contributed by atoms with Crippen molar-refractivity contribution >= 4 is 22.6 Å². The summed E-state index contributed by atoms with van der Waals surface area (Å²) in [5.74, 6) is -0.335. The molecular formula is C17H12FN5O2. The Labute approximate surface area is 140 Å². The minimum atomic E-state index is -0.399. The van der Waals surface area contributed by atoms with Gasteiger partial charge in [-0.3, -0.25) is 9.89 Å². The van der Waals surface area contributed by atoms with E-state index in [1.54, 1.807) is 18.2 Å². The van der Waals surface area contributed by atoms with Crippen molar-refractivity contribution in [3.05, 3.63) is 66.2 Å². The molecule has 2 aromatic heterocycles. The number of nitrogens with zero attached hydrogens (tertiary/aromatic N) is 3. The van der Waals surface area contributed by atoms with Gasteiger partial charge >= 0.3 is 0 Å². The minimum Gasteiger partial charge on any atom is -0.508 e. The van der Waals surface area contributed by atoms with Crippen LogP contribution in [0.1, 0.15) is 10.4 Å². The van der Waals surface area contributed by atoms with Crippen molar-refractivity contribution in [2.45, 2.75) is 0 Å². The third-order valence-electron chi connectivity index (χ3n) is 3.70. The average Bonchev–Trinajstić information content (AvgIpc) is 3.22. The second-order valence-corrected chi connectivity index (χ2v) is 5.41. The Balaban J connectivity index is 1.59. The molecule has 0 aliphatic carbocycles. The summed E-state index contributed by atoms with van der Waals surface area (Å²) in [4.78, 5) is 12.4. The molecule has 25 heavy (non-hydrogen) atoms. The number of anilines is 1. The van der Waals surface area contributed by atoms with Crippen LogP contribution in [-0.2, 0) is 0 Å². The molecule has 0 aliphatic heterocycles. The maximum Gasteiger partial charge on any atom is 0.260 e. The van der Waals surface area contributed by atoms with Gasteiger partial charge in [-0.15, -0.1) is 0 Å². The standard InChI is InChI=1S/C17H12FN5O2/c18-11-2-1-3-12(6-11)23-9-10(8-19-23)17(25)20-16-14-5-4-13(24)7-15(14)21-22-16/h1-9,24H,(H2,20,21,22,25). The summed E-state index contributed by atoms with van der Waals surface area (Å²) < 4.78 is 14.7. The number of aromatic hydroxyl groups is 1. The first-order valence-corrected chi connectivity index (χ1v) is 7.39. The smallest absolute Gasteiger partial charge is 0.260 e. The zero-order chi connectivity index (χ0) is 17.4. The molecular weight excluding hydrogens is 325 g/mol. The highest BCUT2D eigenvalue weighted by molar-refractivity contribution is 6.07. The second kappa shape index (κ2) is 5.75. The number of amides is 1. The summed E-state index contributed by atoms with van der Waals surface area (Å²) in [7, 11) is 0. The molecule has 1 amide bonds. The first-order valence-electron chi connectivity index (χ1n) is 7.39. The number of benzene rings is 2. The van der Waals surface area contributed by atoms with Gasteiger partial charge in [-0.05, 0) is 30.3 Å². The van der Waals surface area contributed by atoms with Crippen LogP contribution in [0.3, 0.4) is 0 Å². The van der Waals surface area contributed by atoms with E-state index in [4.69, 9.17) is 0 Å². The van der Waals surface area contributed by atoms with Crippen molar-refractivity contribution < 1.29 is 14.3 Å². The molecule has 124 valence electrons. The van der Waals surface area contributed by atoms with Crippen molar-refractivity contribution in [3.8, 4) is 11.4 Å². The Kier molecular flexibility index (Phi) is 3.42. The Hall–Kier alpha value is -3.68. The largest absolute Gasteiger partial charge is 0.508 e. The number of H-pyrrole nitrogens is 1. The van der Waals surface area contributed by atoms with Crippen LogP contribution in [0.2, 0.25) is 0 Å². The van der Waals surface area contributed by atoms with Crippen molar-refractivity contribution in [3.63, 3.8) is 0 Å². The van der Waals surface area contributed by atoms with E-state index in [1.165, 1.54) is 41.3 Å². The summed E-state index contributed by atoms with van der Waals surface area (Å²) in [6.07, 6.45) is 2.89. The number of carbonyl (C=O) groups is 1. The molecule has 4 rings (SSSR count). The molecule has 8 heteroatoms. The first kappa shape index (κ1) is 14.9.